The lowest BCUT2D eigenvalue weighted by molar-refractivity contribution is -0.384. The fourth-order valence-corrected chi connectivity index (χ4v) is 1.75. The summed E-state index contributed by atoms with van der Waals surface area (Å²) in [6.07, 6.45) is 0.0251. The molecule has 0 saturated heterocycles. The minimum atomic E-state index is -0.503. The summed E-state index contributed by atoms with van der Waals surface area (Å²) in [5, 5.41) is 22.5. The van der Waals surface area contributed by atoms with Crippen molar-refractivity contribution in [3.63, 3.8) is 0 Å². The third-order valence-corrected chi connectivity index (χ3v) is 2.62. The first-order chi connectivity index (χ1) is 9.54. The summed E-state index contributed by atoms with van der Waals surface area (Å²) in [6.45, 7) is 0. The average Bonchev–Trinajstić information content (AvgIpc) is 2.38. The number of aromatic hydroxyl groups is 1. The molecule has 6 nitrogen and oxygen atoms in total. The Hall–Kier alpha value is -2.89. The molecule has 2 N–H and O–H groups in total. The molecule has 0 radical (unpaired) electrons. The number of nitro benzene ring substituents is 1. The second-order valence-corrected chi connectivity index (χ2v) is 4.20. The van der Waals surface area contributed by atoms with Crippen molar-refractivity contribution in [2.24, 2.45) is 0 Å². The highest BCUT2D eigenvalue weighted by atomic mass is 16.6. The maximum absolute atomic E-state index is 11.8. The Morgan fingerprint density at radius 2 is 1.95 bits per heavy atom. The van der Waals surface area contributed by atoms with Gasteiger partial charge in [0.05, 0.1) is 11.3 Å². The normalized spacial score (nSPS) is 10.0. The summed E-state index contributed by atoms with van der Waals surface area (Å²) >= 11 is 0. The van der Waals surface area contributed by atoms with E-state index in [9.17, 15) is 20.0 Å². The van der Waals surface area contributed by atoms with Crippen LogP contribution in [0.1, 0.15) is 5.56 Å². The van der Waals surface area contributed by atoms with E-state index in [4.69, 9.17) is 0 Å². The van der Waals surface area contributed by atoms with Crippen LogP contribution in [0.2, 0.25) is 0 Å². The molecule has 0 fully saturated rings. The van der Waals surface area contributed by atoms with E-state index in [1.165, 1.54) is 30.3 Å². The lowest BCUT2D eigenvalue weighted by Crippen LogP contribution is -2.14. The molecule has 0 spiro atoms. The van der Waals surface area contributed by atoms with Crippen LogP contribution in [0.3, 0.4) is 0 Å². The zero-order valence-electron chi connectivity index (χ0n) is 10.4. The first kappa shape index (κ1) is 13.5. The maximum Gasteiger partial charge on any atom is 0.269 e. The van der Waals surface area contributed by atoms with E-state index in [1.54, 1.807) is 18.2 Å². The Bertz CT molecular complexity index is 655. The van der Waals surface area contributed by atoms with Gasteiger partial charge < -0.3 is 10.4 Å². The molecule has 0 aliphatic carbocycles. The topological polar surface area (TPSA) is 92.5 Å². The molecule has 0 saturated carbocycles. The van der Waals surface area contributed by atoms with E-state index >= 15 is 0 Å². The van der Waals surface area contributed by atoms with Gasteiger partial charge in [-0.3, -0.25) is 14.9 Å². The molecule has 0 unspecified atom stereocenters. The van der Waals surface area contributed by atoms with E-state index in [0.717, 1.165) is 0 Å². The molecule has 0 aliphatic heterocycles. The highest BCUT2D eigenvalue weighted by Crippen LogP contribution is 2.17. The number of anilines is 1. The number of carbonyl (C=O) groups excluding carboxylic acids is 1. The van der Waals surface area contributed by atoms with E-state index in [2.05, 4.69) is 5.32 Å². The highest BCUT2D eigenvalue weighted by molar-refractivity contribution is 5.92. The first-order valence-corrected chi connectivity index (χ1v) is 5.87. The molecule has 20 heavy (non-hydrogen) atoms. The van der Waals surface area contributed by atoms with E-state index in [-0.39, 0.29) is 23.8 Å². The SMILES string of the molecule is O=C(Cc1cccc([N+](=O)[O-])c1)Nc1cccc(O)c1. The van der Waals surface area contributed by atoms with Gasteiger partial charge in [-0.15, -0.1) is 0 Å². The number of carbonyl (C=O) groups is 1. The summed E-state index contributed by atoms with van der Waals surface area (Å²) in [5.74, 6) is -0.255. The number of nitro groups is 1. The Morgan fingerprint density at radius 3 is 2.65 bits per heavy atom. The van der Waals surface area contributed by atoms with Gasteiger partial charge in [0.15, 0.2) is 0 Å². The molecule has 2 rings (SSSR count). The van der Waals surface area contributed by atoms with Gasteiger partial charge in [0, 0.05) is 23.9 Å². The number of nitrogens with zero attached hydrogens (tertiary/aromatic N) is 1. The molecule has 0 atom stereocenters. The van der Waals surface area contributed by atoms with E-state index in [0.29, 0.717) is 11.3 Å². The molecule has 2 aromatic rings. The standard InChI is InChI=1S/C14H12N2O4/c17-13-6-2-4-11(9-13)15-14(18)8-10-3-1-5-12(7-10)16(19)20/h1-7,9,17H,8H2,(H,15,18). The van der Waals surface area contributed by atoms with Crippen LogP contribution in [0.15, 0.2) is 48.5 Å². The number of non-ortho nitro benzene ring substituents is 1. The molecule has 6 heteroatoms. The van der Waals surface area contributed by atoms with Crippen molar-refractivity contribution in [3.05, 3.63) is 64.2 Å². The Kier molecular flexibility index (Phi) is 3.95. The van der Waals surface area contributed by atoms with Crippen molar-refractivity contribution in [1.82, 2.24) is 0 Å². The van der Waals surface area contributed by atoms with Gasteiger partial charge in [0.25, 0.3) is 5.69 Å². The van der Waals surface area contributed by atoms with Crippen LogP contribution in [0.25, 0.3) is 0 Å². The van der Waals surface area contributed by atoms with Crippen molar-refractivity contribution in [2.75, 3.05) is 5.32 Å². The van der Waals surface area contributed by atoms with Gasteiger partial charge in [0.1, 0.15) is 5.75 Å². The summed E-state index contributed by atoms with van der Waals surface area (Å²) in [7, 11) is 0. The van der Waals surface area contributed by atoms with Gasteiger partial charge in [-0.2, -0.15) is 0 Å². The van der Waals surface area contributed by atoms with Crippen molar-refractivity contribution < 1.29 is 14.8 Å². The number of hydrogen-bond donors (Lipinski definition) is 2. The minimum Gasteiger partial charge on any atom is -0.508 e. The van der Waals surface area contributed by atoms with Crippen molar-refractivity contribution in [1.29, 1.82) is 0 Å². The summed E-state index contributed by atoms with van der Waals surface area (Å²) < 4.78 is 0. The summed E-state index contributed by atoms with van der Waals surface area (Å²) in [5.41, 5.74) is 0.977. The van der Waals surface area contributed by atoms with Crippen LogP contribution in [-0.2, 0) is 11.2 Å². The molecular formula is C14H12N2O4. The average molecular weight is 272 g/mol. The molecule has 1 amide bonds. The van der Waals surface area contributed by atoms with Crippen molar-refractivity contribution >= 4 is 17.3 Å². The second-order valence-electron chi connectivity index (χ2n) is 4.20. The van der Waals surface area contributed by atoms with Crippen LogP contribution in [0.4, 0.5) is 11.4 Å². The Morgan fingerprint density at radius 1 is 1.20 bits per heavy atom. The lowest BCUT2D eigenvalue weighted by Gasteiger charge is -2.05. The minimum absolute atomic E-state index is 0.0251. The number of amides is 1. The number of nitrogens with one attached hydrogen (secondary N) is 1. The van der Waals surface area contributed by atoms with Crippen LogP contribution < -0.4 is 5.32 Å². The fraction of sp³-hybridized carbons (Fsp3) is 0.0714. The second kappa shape index (κ2) is 5.83. The molecule has 0 aliphatic rings. The molecule has 0 bridgehead atoms. The smallest absolute Gasteiger partial charge is 0.269 e. The van der Waals surface area contributed by atoms with Crippen molar-refractivity contribution in [3.8, 4) is 5.75 Å². The van der Waals surface area contributed by atoms with E-state index in [1.807, 2.05) is 0 Å². The number of benzene rings is 2. The maximum atomic E-state index is 11.8. The van der Waals surface area contributed by atoms with Gasteiger partial charge in [0.2, 0.25) is 5.91 Å². The predicted octanol–water partition coefficient (Wildman–Crippen LogP) is 2.48. The van der Waals surface area contributed by atoms with E-state index < -0.39 is 4.92 Å². The third kappa shape index (κ3) is 3.55. The van der Waals surface area contributed by atoms with Gasteiger partial charge in [-0.1, -0.05) is 18.2 Å². The van der Waals surface area contributed by atoms with Gasteiger partial charge >= 0.3 is 0 Å². The number of hydrogen-bond acceptors (Lipinski definition) is 4. The van der Waals surface area contributed by atoms with Gasteiger partial charge in [-0.05, 0) is 17.7 Å². The predicted molar refractivity (Wildman–Crippen MR) is 73.5 cm³/mol. The third-order valence-electron chi connectivity index (χ3n) is 2.62. The van der Waals surface area contributed by atoms with Crippen LogP contribution in [0.5, 0.6) is 5.75 Å². The molecule has 102 valence electrons. The monoisotopic (exact) mass is 272 g/mol. The van der Waals surface area contributed by atoms with Crippen LogP contribution in [-0.4, -0.2) is 15.9 Å². The molecule has 2 aromatic carbocycles. The molecule has 0 aromatic heterocycles. The zero-order valence-corrected chi connectivity index (χ0v) is 10.4. The number of phenols is 1. The Labute approximate surface area is 114 Å². The largest absolute Gasteiger partial charge is 0.508 e. The van der Waals surface area contributed by atoms with Crippen LogP contribution >= 0.6 is 0 Å². The zero-order chi connectivity index (χ0) is 14.5. The van der Waals surface area contributed by atoms with Gasteiger partial charge in [-0.25, -0.2) is 0 Å². The highest BCUT2D eigenvalue weighted by Gasteiger charge is 2.09. The Balaban J connectivity index is 2.04. The quantitative estimate of drug-likeness (QED) is 0.660. The molecule has 0 heterocycles. The number of phenolic OH excluding ortho intramolecular Hbond substituents is 1. The number of rotatable bonds is 4. The summed E-state index contributed by atoms with van der Waals surface area (Å²) in [6, 6.07) is 12.1. The van der Waals surface area contributed by atoms with Crippen molar-refractivity contribution in [2.45, 2.75) is 6.42 Å². The first-order valence-electron chi connectivity index (χ1n) is 5.87. The lowest BCUT2D eigenvalue weighted by atomic mass is 10.1. The summed E-state index contributed by atoms with van der Waals surface area (Å²) in [4.78, 5) is 22.0. The molecular weight excluding hydrogens is 260 g/mol. The fourth-order valence-electron chi connectivity index (χ4n) is 1.75. The van der Waals surface area contributed by atoms with Crippen LogP contribution in [0, 0.1) is 10.1 Å².